The Morgan fingerprint density at radius 2 is 1.55 bits per heavy atom. The summed E-state index contributed by atoms with van der Waals surface area (Å²) in [6, 6.07) is 18.7. The lowest BCUT2D eigenvalue weighted by atomic mass is 10.1. The number of anilines is 1. The number of fused-ring (bicyclic) bond motifs is 1. The third-order valence-electron chi connectivity index (χ3n) is 4.75. The quantitative estimate of drug-likeness (QED) is 0.600. The Kier molecular flexibility index (Phi) is 5.44. The minimum absolute atomic E-state index is 0.0176. The molecule has 0 atom stereocenters. The molecule has 3 aromatic carbocycles. The molecule has 0 aliphatic carbocycles. The molecule has 1 heterocycles. The van der Waals surface area contributed by atoms with Gasteiger partial charge < -0.3 is 10.1 Å². The zero-order valence-electron chi connectivity index (χ0n) is 16.0. The van der Waals surface area contributed by atoms with Crippen LogP contribution in [0.25, 0.3) is 0 Å². The first-order valence-corrected chi connectivity index (χ1v) is 9.33. The molecular formula is C23H16F2N2O4. The summed E-state index contributed by atoms with van der Waals surface area (Å²) in [5.74, 6) is -1.19. The summed E-state index contributed by atoms with van der Waals surface area (Å²) in [6.07, 6.45) is 0. The van der Waals surface area contributed by atoms with Gasteiger partial charge in [-0.05, 0) is 54.1 Å². The molecule has 8 heteroatoms. The maximum atomic E-state index is 12.6. The molecule has 6 nitrogen and oxygen atoms in total. The van der Waals surface area contributed by atoms with Crippen molar-refractivity contribution >= 4 is 23.4 Å². The van der Waals surface area contributed by atoms with Crippen LogP contribution in [0.1, 0.15) is 36.6 Å². The molecule has 3 amide bonds. The van der Waals surface area contributed by atoms with E-state index in [0.717, 1.165) is 4.90 Å². The molecule has 3 aromatic rings. The minimum atomic E-state index is -2.93. The highest BCUT2D eigenvalue weighted by Crippen LogP contribution is 2.24. The molecule has 0 saturated heterocycles. The lowest BCUT2D eigenvalue weighted by Gasteiger charge is -2.14. The van der Waals surface area contributed by atoms with Gasteiger partial charge in [0.05, 0.1) is 17.7 Å². The van der Waals surface area contributed by atoms with Gasteiger partial charge in [0.25, 0.3) is 17.7 Å². The summed E-state index contributed by atoms with van der Waals surface area (Å²) in [5.41, 5.74) is 2.06. The number of hydrogen-bond donors (Lipinski definition) is 1. The first kappa shape index (κ1) is 20.2. The average Bonchev–Trinajstić information content (AvgIpc) is 3.00. The lowest BCUT2D eigenvalue weighted by Crippen LogP contribution is -2.29. The van der Waals surface area contributed by atoms with Crippen LogP contribution in [0.15, 0.2) is 72.8 Å². The number of halogens is 2. The van der Waals surface area contributed by atoms with Gasteiger partial charge in [0.1, 0.15) is 5.75 Å². The largest absolute Gasteiger partial charge is 0.435 e. The smallest absolute Gasteiger partial charge is 0.387 e. The zero-order valence-corrected chi connectivity index (χ0v) is 16.0. The maximum Gasteiger partial charge on any atom is 0.387 e. The molecule has 0 unspecified atom stereocenters. The molecule has 0 radical (unpaired) electrons. The van der Waals surface area contributed by atoms with Crippen LogP contribution in [0.3, 0.4) is 0 Å². The van der Waals surface area contributed by atoms with Gasteiger partial charge in [-0.2, -0.15) is 8.78 Å². The predicted octanol–water partition coefficient (Wildman–Crippen LogP) is 4.34. The first-order chi connectivity index (χ1) is 14.9. The Labute approximate surface area is 176 Å². The van der Waals surface area contributed by atoms with Crippen molar-refractivity contribution in [3.05, 3.63) is 95.1 Å². The van der Waals surface area contributed by atoms with Crippen LogP contribution in [0.4, 0.5) is 14.5 Å². The standard InChI is InChI=1S/C23H16F2N2O4/c24-23(25)31-17-10-8-16(9-11-17)26-20(28)15-5-3-4-14(12-15)13-27-21(29)18-6-1-2-7-19(18)22(27)30/h1-12,23H,13H2,(H,26,28). The lowest BCUT2D eigenvalue weighted by molar-refractivity contribution is -0.0498. The number of benzene rings is 3. The van der Waals surface area contributed by atoms with Crippen molar-refractivity contribution in [2.45, 2.75) is 13.2 Å². The Morgan fingerprint density at radius 3 is 2.16 bits per heavy atom. The summed E-state index contributed by atoms with van der Waals surface area (Å²) in [4.78, 5) is 38.8. The molecule has 1 N–H and O–H groups in total. The van der Waals surface area contributed by atoms with Gasteiger partial charge in [0.2, 0.25) is 0 Å². The van der Waals surface area contributed by atoms with Crippen molar-refractivity contribution in [2.75, 3.05) is 5.32 Å². The van der Waals surface area contributed by atoms with Crippen LogP contribution in [0, 0.1) is 0 Å². The van der Waals surface area contributed by atoms with Gasteiger partial charge >= 0.3 is 6.61 Å². The van der Waals surface area contributed by atoms with Crippen LogP contribution in [0.2, 0.25) is 0 Å². The normalized spacial score (nSPS) is 12.8. The first-order valence-electron chi connectivity index (χ1n) is 9.33. The maximum absolute atomic E-state index is 12.6. The Bertz CT molecular complexity index is 1130. The summed E-state index contributed by atoms with van der Waals surface area (Å²) in [6.45, 7) is -2.89. The highest BCUT2D eigenvalue weighted by atomic mass is 19.3. The van der Waals surface area contributed by atoms with Crippen LogP contribution >= 0.6 is 0 Å². The fourth-order valence-electron chi connectivity index (χ4n) is 3.30. The molecule has 156 valence electrons. The second-order valence-electron chi connectivity index (χ2n) is 6.80. The number of carbonyl (C=O) groups is 3. The number of nitrogens with zero attached hydrogens (tertiary/aromatic N) is 1. The SMILES string of the molecule is O=C(Nc1ccc(OC(F)F)cc1)c1cccc(CN2C(=O)c3ccccc3C2=O)c1. The van der Waals surface area contributed by atoms with Gasteiger partial charge in [0, 0.05) is 11.3 Å². The van der Waals surface area contributed by atoms with E-state index >= 15 is 0 Å². The van der Waals surface area contributed by atoms with E-state index in [9.17, 15) is 23.2 Å². The minimum Gasteiger partial charge on any atom is -0.435 e. The van der Waals surface area contributed by atoms with Gasteiger partial charge in [-0.15, -0.1) is 0 Å². The van der Waals surface area contributed by atoms with Crippen LogP contribution in [-0.4, -0.2) is 29.2 Å². The Morgan fingerprint density at radius 1 is 0.903 bits per heavy atom. The van der Waals surface area contributed by atoms with Crippen LogP contribution in [0.5, 0.6) is 5.75 Å². The van der Waals surface area contributed by atoms with Gasteiger partial charge in [-0.25, -0.2) is 0 Å². The van der Waals surface area contributed by atoms with E-state index in [0.29, 0.717) is 27.9 Å². The molecule has 0 aromatic heterocycles. The molecular weight excluding hydrogens is 406 g/mol. The van der Waals surface area contributed by atoms with Gasteiger partial charge in [-0.1, -0.05) is 24.3 Å². The van der Waals surface area contributed by atoms with Gasteiger partial charge in [-0.3, -0.25) is 19.3 Å². The number of ether oxygens (including phenoxy) is 1. The highest BCUT2D eigenvalue weighted by Gasteiger charge is 2.34. The van der Waals surface area contributed by atoms with Crippen LogP contribution < -0.4 is 10.1 Å². The van der Waals surface area contributed by atoms with E-state index < -0.39 is 12.5 Å². The van der Waals surface area contributed by atoms with Crippen molar-refractivity contribution in [2.24, 2.45) is 0 Å². The second-order valence-corrected chi connectivity index (χ2v) is 6.80. The van der Waals surface area contributed by atoms with Gasteiger partial charge in [0.15, 0.2) is 0 Å². The number of amides is 3. The summed E-state index contributed by atoms with van der Waals surface area (Å²) in [5, 5.41) is 2.66. The van der Waals surface area contributed by atoms with Crippen LogP contribution in [-0.2, 0) is 6.54 Å². The zero-order chi connectivity index (χ0) is 22.0. The molecule has 1 aliphatic rings. The number of alkyl halides is 2. The summed E-state index contributed by atoms with van der Waals surface area (Å²) >= 11 is 0. The molecule has 0 saturated carbocycles. The monoisotopic (exact) mass is 422 g/mol. The van der Waals surface area contributed by atoms with E-state index in [1.165, 1.54) is 24.3 Å². The molecule has 4 rings (SSSR count). The van der Waals surface area contributed by atoms with E-state index in [4.69, 9.17) is 0 Å². The molecule has 1 aliphatic heterocycles. The number of hydrogen-bond acceptors (Lipinski definition) is 4. The number of nitrogens with one attached hydrogen (secondary N) is 1. The summed E-state index contributed by atoms with van der Waals surface area (Å²) < 4.78 is 28.7. The fourth-order valence-corrected chi connectivity index (χ4v) is 3.30. The third-order valence-corrected chi connectivity index (χ3v) is 4.75. The molecule has 0 bridgehead atoms. The number of imide groups is 1. The fraction of sp³-hybridized carbons (Fsp3) is 0.0870. The average molecular weight is 422 g/mol. The Hall–Kier alpha value is -4.07. The molecule has 0 fully saturated rings. The van der Waals surface area contributed by atoms with E-state index in [1.807, 2.05) is 0 Å². The second kappa shape index (κ2) is 8.35. The summed E-state index contributed by atoms with van der Waals surface area (Å²) in [7, 11) is 0. The van der Waals surface area contributed by atoms with Crippen molar-refractivity contribution in [3.8, 4) is 5.75 Å². The van der Waals surface area contributed by atoms with Crippen molar-refractivity contribution in [1.82, 2.24) is 4.90 Å². The van der Waals surface area contributed by atoms with E-state index in [2.05, 4.69) is 10.1 Å². The highest BCUT2D eigenvalue weighted by molar-refractivity contribution is 6.21. The number of carbonyl (C=O) groups excluding carboxylic acids is 3. The predicted molar refractivity (Wildman–Crippen MR) is 108 cm³/mol. The van der Waals surface area contributed by atoms with Crippen molar-refractivity contribution in [3.63, 3.8) is 0 Å². The van der Waals surface area contributed by atoms with E-state index in [1.54, 1.807) is 48.5 Å². The molecule has 0 spiro atoms. The van der Waals surface area contributed by atoms with E-state index in [-0.39, 0.29) is 24.1 Å². The van der Waals surface area contributed by atoms with Crippen molar-refractivity contribution < 1.29 is 27.9 Å². The third kappa shape index (κ3) is 4.28. The topological polar surface area (TPSA) is 75.7 Å². The Balaban J connectivity index is 1.45. The number of rotatable bonds is 6. The van der Waals surface area contributed by atoms with Crippen molar-refractivity contribution in [1.29, 1.82) is 0 Å². The molecule has 31 heavy (non-hydrogen) atoms.